The first-order valence-electron chi connectivity index (χ1n) is 4.26. The zero-order valence-electron chi connectivity index (χ0n) is 7.97. The van der Waals surface area contributed by atoms with E-state index >= 15 is 0 Å². The summed E-state index contributed by atoms with van der Waals surface area (Å²) in [5.74, 6) is 10.4. The van der Waals surface area contributed by atoms with Crippen LogP contribution >= 0.6 is 0 Å². The van der Waals surface area contributed by atoms with Gasteiger partial charge in [0.2, 0.25) is 0 Å². The molecule has 1 rings (SSSR count). The summed E-state index contributed by atoms with van der Waals surface area (Å²) in [5.41, 5.74) is 2.93. The van der Waals surface area contributed by atoms with E-state index in [0.29, 0.717) is 5.56 Å². The molecule has 1 amide bonds. The van der Waals surface area contributed by atoms with Crippen LogP contribution < -0.4 is 17.1 Å². The van der Waals surface area contributed by atoms with E-state index in [-0.39, 0.29) is 5.91 Å². The number of rotatable bonds is 3. The van der Waals surface area contributed by atoms with Crippen molar-refractivity contribution in [1.29, 1.82) is 0 Å². The Bertz CT molecular complexity index is 301. The number of amides is 1. The molecular weight excluding hydrogens is 180 g/mol. The standard InChI is InChI=1S/C9H14N4O/c1-7(12-10)13(11)9(14)8-5-3-2-4-6-8/h2-7,12H,10-11H2,1H3. The third-order valence-corrected chi connectivity index (χ3v) is 1.91. The summed E-state index contributed by atoms with van der Waals surface area (Å²) < 4.78 is 0. The van der Waals surface area contributed by atoms with Crippen LogP contribution in [0, 0.1) is 0 Å². The maximum atomic E-state index is 11.7. The first-order valence-corrected chi connectivity index (χ1v) is 4.26. The van der Waals surface area contributed by atoms with Crippen molar-refractivity contribution < 1.29 is 4.79 Å². The zero-order chi connectivity index (χ0) is 10.6. The number of carbonyl (C=O) groups is 1. The predicted octanol–water partition coefficient (Wildman–Crippen LogP) is -0.188. The van der Waals surface area contributed by atoms with Crippen molar-refractivity contribution in [2.75, 3.05) is 0 Å². The van der Waals surface area contributed by atoms with Gasteiger partial charge in [-0.3, -0.25) is 15.6 Å². The topological polar surface area (TPSA) is 84.4 Å². The van der Waals surface area contributed by atoms with Crippen LogP contribution in [0.2, 0.25) is 0 Å². The lowest BCUT2D eigenvalue weighted by Gasteiger charge is -2.23. The molecule has 0 heterocycles. The molecular formula is C9H14N4O. The quantitative estimate of drug-likeness (QED) is 0.269. The summed E-state index contributed by atoms with van der Waals surface area (Å²) in [4.78, 5) is 11.7. The van der Waals surface area contributed by atoms with Gasteiger partial charge in [0.25, 0.3) is 5.91 Å². The molecule has 0 fully saturated rings. The van der Waals surface area contributed by atoms with Gasteiger partial charge in [0.1, 0.15) is 6.17 Å². The lowest BCUT2D eigenvalue weighted by atomic mass is 10.2. The predicted molar refractivity (Wildman–Crippen MR) is 53.6 cm³/mol. The number of nitrogens with one attached hydrogen (secondary N) is 1. The molecule has 5 heteroatoms. The minimum absolute atomic E-state index is 0.268. The second-order valence-electron chi connectivity index (χ2n) is 2.92. The normalized spacial score (nSPS) is 12.2. The molecule has 0 aliphatic heterocycles. The molecule has 0 saturated heterocycles. The third-order valence-electron chi connectivity index (χ3n) is 1.91. The molecule has 0 saturated carbocycles. The van der Waals surface area contributed by atoms with E-state index in [1.54, 1.807) is 31.2 Å². The summed E-state index contributed by atoms with van der Waals surface area (Å²) in [6, 6.07) is 8.79. The molecule has 0 spiro atoms. The largest absolute Gasteiger partial charge is 0.270 e. The molecule has 1 aromatic rings. The molecule has 1 unspecified atom stereocenters. The maximum absolute atomic E-state index is 11.7. The van der Waals surface area contributed by atoms with Crippen molar-refractivity contribution in [1.82, 2.24) is 10.4 Å². The van der Waals surface area contributed by atoms with E-state index in [1.165, 1.54) is 0 Å². The number of nitrogens with zero attached hydrogens (tertiary/aromatic N) is 1. The molecule has 0 aliphatic carbocycles. The molecule has 76 valence electrons. The third kappa shape index (κ3) is 2.29. The Morgan fingerprint density at radius 2 is 2.00 bits per heavy atom. The highest BCUT2D eigenvalue weighted by Crippen LogP contribution is 2.02. The minimum atomic E-state index is -0.400. The average molecular weight is 194 g/mol. The zero-order valence-corrected chi connectivity index (χ0v) is 7.97. The maximum Gasteiger partial charge on any atom is 0.269 e. The van der Waals surface area contributed by atoms with Crippen LogP contribution in [0.3, 0.4) is 0 Å². The van der Waals surface area contributed by atoms with Gasteiger partial charge in [-0.2, -0.15) is 0 Å². The number of hydrazine groups is 2. The van der Waals surface area contributed by atoms with E-state index in [4.69, 9.17) is 11.7 Å². The summed E-state index contributed by atoms with van der Waals surface area (Å²) in [6.07, 6.45) is -0.400. The van der Waals surface area contributed by atoms with Gasteiger partial charge in [0.15, 0.2) is 0 Å². The van der Waals surface area contributed by atoms with E-state index in [0.717, 1.165) is 5.01 Å². The summed E-state index contributed by atoms with van der Waals surface area (Å²) >= 11 is 0. The molecule has 5 nitrogen and oxygen atoms in total. The Morgan fingerprint density at radius 3 is 2.50 bits per heavy atom. The smallest absolute Gasteiger partial charge is 0.269 e. The van der Waals surface area contributed by atoms with Gasteiger partial charge in [0, 0.05) is 5.56 Å². The molecule has 0 aromatic heterocycles. The lowest BCUT2D eigenvalue weighted by molar-refractivity contribution is 0.0659. The van der Waals surface area contributed by atoms with Crippen LogP contribution in [0.15, 0.2) is 30.3 Å². The number of carbonyl (C=O) groups excluding carboxylic acids is 1. The number of hydrogen-bond acceptors (Lipinski definition) is 4. The van der Waals surface area contributed by atoms with Crippen LogP contribution in [0.4, 0.5) is 0 Å². The molecule has 0 radical (unpaired) electrons. The monoisotopic (exact) mass is 194 g/mol. The summed E-state index contributed by atoms with van der Waals surface area (Å²) in [7, 11) is 0. The van der Waals surface area contributed by atoms with Crippen molar-refractivity contribution in [2.45, 2.75) is 13.1 Å². The molecule has 1 aromatic carbocycles. The lowest BCUT2D eigenvalue weighted by Crippen LogP contribution is -2.53. The number of benzene rings is 1. The molecule has 14 heavy (non-hydrogen) atoms. The SMILES string of the molecule is CC(NN)N(N)C(=O)c1ccccc1. The fourth-order valence-electron chi connectivity index (χ4n) is 0.986. The summed E-state index contributed by atoms with van der Waals surface area (Å²) in [6.45, 7) is 1.70. The average Bonchev–Trinajstić information content (AvgIpc) is 2.27. The molecule has 0 aliphatic rings. The first kappa shape index (κ1) is 10.6. The van der Waals surface area contributed by atoms with Gasteiger partial charge in [-0.05, 0) is 19.1 Å². The Labute approximate surface area is 82.6 Å². The van der Waals surface area contributed by atoms with Crippen molar-refractivity contribution in [3.05, 3.63) is 35.9 Å². The Morgan fingerprint density at radius 1 is 1.43 bits per heavy atom. The van der Waals surface area contributed by atoms with Gasteiger partial charge >= 0.3 is 0 Å². The second kappa shape index (κ2) is 4.71. The van der Waals surface area contributed by atoms with Crippen LogP contribution in [-0.2, 0) is 0 Å². The van der Waals surface area contributed by atoms with E-state index in [1.807, 2.05) is 6.07 Å². The van der Waals surface area contributed by atoms with Gasteiger partial charge in [-0.25, -0.2) is 11.3 Å². The number of hydrogen-bond donors (Lipinski definition) is 3. The van der Waals surface area contributed by atoms with Crippen LogP contribution in [0.1, 0.15) is 17.3 Å². The minimum Gasteiger partial charge on any atom is -0.270 e. The van der Waals surface area contributed by atoms with Crippen LogP contribution in [-0.4, -0.2) is 17.1 Å². The highest BCUT2D eigenvalue weighted by Gasteiger charge is 2.16. The van der Waals surface area contributed by atoms with E-state index in [2.05, 4.69) is 5.43 Å². The van der Waals surface area contributed by atoms with Gasteiger partial charge in [-0.15, -0.1) is 0 Å². The summed E-state index contributed by atoms with van der Waals surface area (Å²) in [5, 5.41) is 1.05. The Kier molecular flexibility index (Phi) is 3.58. The van der Waals surface area contributed by atoms with E-state index in [9.17, 15) is 4.79 Å². The van der Waals surface area contributed by atoms with Crippen molar-refractivity contribution in [2.24, 2.45) is 11.7 Å². The molecule has 5 N–H and O–H groups in total. The molecule has 0 bridgehead atoms. The second-order valence-corrected chi connectivity index (χ2v) is 2.92. The van der Waals surface area contributed by atoms with Gasteiger partial charge in [0.05, 0.1) is 0 Å². The van der Waals surface area contributed by atoms with Gasteiger partial charge < -0.3 is 0 Å². The number of nitrogens with two attached hydrogens (primary N) is 2. The highest BCUT2D eigenvalue weighted by atomic mass is 16.2. The van der Waals surface area contributed by atoms with Crippen molar-refractivity contribution in [3.8, 4) is 0 Å². The van der Waals surface area contributed by atoms with Crippen LogP contribution in [0.5, 0.6) is 0 Å². The first-order chi connectivity index (χ1) is 6.66. The Balaban J connectivity index is 2.76. The van der Waals surface area contributed by atoms with Crippen molar-refractivity contribution in [3.63, 3.8) is 0 Å². The molecule has 1 atom stereocenters. The highest BCUT2D eigenvalue weighted by molar-refractivity contribution is 5.93. The van der Waals surface area contributed by atoms with Crippen LogP contribution in [0.25, 0.3) is 0 Å². The van der Waals surface area contributed by atoms with E-state index < -0.39 is 6.17 Å². The van der Waals surface area contributed by atoms with Crippen molar-refractivity contribution >= 4 is 5.91 Å². The fourth-order valence-corrected chi connectivity index (χ4v) is 0.986. The fraction of sp³-hybridized carbons (Fsp3) is 0.222. The Hall–Kier alpha value is -1.43. The van der Waals surface area contributed by atoms with Gasteiger partial charge in [-0.1, -0.05) is 18.2 Å².